The van der Waals surface area contributed by atoms with Crippen molar-refractivity contribution < 1.29 is 28.9 Å². The number of carbonyl (C=O) groups excluding carboxylic acids is 1. The zero-order valence-electron chi connectivity index (χ0n) is 10.3. The van der Waals surface area contributed by atoms with E-state index < -0.39 is 18.0 Å². The summed E-state index contributed by atoms with van der Waals surface area (Å²) in [5.74, 6) is -1.27. The molecule has 1 N–H and O–H groups in total. The van der Waals surface area contributed by atoms with Crippen molar-refractivity contribution in [3.8, 4) is 11.5 Å². The predicted octanol–water partition coefficient (Wildman–Crippen LogP) is 1.33. The van der Waals surface area contributed by atoms with Gasteiger partial charge in [-0.15, -0.1) is 0 Å². The van der Waals surface area contributed by atoms with Crippen LogP contribution in [0.25, 0.3) is 0 Å². The monoisotopic (exact) mass is 254 g/mol. The Morgan fingerprint density at radius 3 is 2.44 bits per heavy atom. The second-order valence-electron chi connectivity index (χ2n) is 3.45. The number of hydrogen-bond acceptors (Lipinski definition) is 5. The van der Waals surface area contributed by atoms with E-state index in [4.69, 9.17) is 14.6 Å². The van der Waals surface area contributed by atoms with Crippen molar-refractivity contribution in [2.45, 2.75) is 13.0 Å². The molecule has 1 atom stereocenters. The Labute approximate surface area is 104 Å². The van der Waals surface area contributed by atoms with E-state index in [-0.39, 0.29) is 11.3 Å². The number of benzene rings is 1. The summed E-state index contributed by atoms with van der Waals surface area (Å²) >= 11 is 0. The Bertz CT molecular complexity index is 454. The molecule has 0 fully saturated rings. The van der Waals surface area contributed by atoms with Gasteiger partial charge in [-0.05, 0) is 25.1 Å². The number of esters is 1. The number of rotatable bonds is 5. The minimum Gasteiger partial charge on any atom is -0.497 e. The van der Waals surface area contributed by atoms with Gasteiger partial charge in [-0.25, -0.2) is 9.59 Å². The first kappa shape index (κ1) is 13.8. The summed E-state index contributed by atoms with van der Waals surface area (Å²) in [5, 5.41) is 9.04. The number of hydrogen-bond donors (Lipinski definition) is 1. The summed E-state index contributed by atoms with van der Waals surface area (Å²) in [6, 6.07) is 4.30. The molecule has 1 unspecified atom stereocenters. The lowest BCUT2D eigenvalue weighted by Crippen LogP contribution is -2.25. The smallest absolute Gasteiger partial charge is 0.346 e. The third-order valence-corrected chi connectivity index (χ3v) is 2.25. The van der Waals surface area contributed by atoms with Crippen LogP contribution in [0, 0.1) is 0 Å². The minimum absolute atomic E-state index is 0.0786. The lowest BCUT2D eigenvalue weighted by Gasteiger charge is -2.14. The van der Waals surface area contributed by atoms with E-state index in [1.807, 2.05) is 0 Å². The number of carboxylic acid groups (broad SMARTS) is 1. The van der Waals surface area contributed by atoms with Crippen molar-refractivity contribution >= 4 is 11.9 Å². The molecule has 18 heavy (non-hydrogen) atoms. The number of aromatic carboxylic acids is 1. The van der Waals surface area contributed by atoms with Gasteiger partial charge in [-0.2, -0.15) is 0 Å². The van der Waals surface area contributed by atoms with Gasteiger partial charge in [0.1, 0.15) is 17.1 Å². The van der Waals surface area contributed by atoms with Crippen LogP contribution in [0.15, 0.2) is 18.2 Å². The number of carboxylic acids is 1. The molecule has 0 aliphatic rings. The van der Waals surface area contributed by atoms with Crippen LogP contribution in [-0.2, 0) is 9.53 Å². The van der Waals surface area contributed by atoms with Crippen LogP contribution < -0.4 is 9.47 Å². The zero-order chi connectivity index (χ0) is 13.7. The van der Waals surface area contributed by atoms with Crippen molar-refractivity contribution in [2.75, 3.05) is 14.2 Å². The quantitative estimate of drug-likeness (QED) is 0.798. The van der Waals surface area contributed by atoms with E-state index in [0.717, 1.165) is 0 Å². The molecule has 0 spiro atoms. The summed E-state index contributed by atoms with van der Waals surface area (Å²) in [7, 11) is 2.66. The van der Waals surface area contributed by atoms with Crippen molar-refractivity contribution in [2.24, 2.45) is 0 Å². The van der Waals surface area contributed by atoms with Crippen LogP contribution in [-0.4, -0.2) is 37.4 Å². The Morgan fingerprint density at radius 1 is 1.28 bits per heavy atom. The van der Waals surface area contributed by atoms with Crippen LogP contribution in [0.5, 0.6) is 11.5 Å². The van der Waals surface area contributed by atoms with Gasteiger partial charge in [-0.3, -0.25) is 0 Å². The van der Waals surface area contributed by atoms with Crippen LogP contribution in [0.1, 0.15) is 17.3 Å². The molecule has 6 heteroatoms. The Hall–Kier alpha value is -2.24. The summed E-state index contributed by atoms with van der Waals surface area (Å²) in [4.78, 5) is 22.3. The van der Waals surface area contributed by atoms with E-state index in [1.165, 1.54) is 33.3 Å². The molecule has 0 saturated heterocycles. The zero-order valence-corrected chi connectivity index (χ0v) is 10.3. The van der Waals surface area contributed by atoms with Crippen molar-refractivity contribution in [1.29, 1.82) is 0 Å². The molecule has 1 rings (SSSR count). The van der Waals surface area contributed by atoms with E-state index in [1.54, 1.807) is 6.07 Å². The molecule has 0 heterocycles. The highest BCUT2D eigenvalue weighted by Crippen LogP contribution is 2.25. The Balaban J connectivity index is 3.01. The number of carbonyl (C=O) groups is 2. The Morgan fingerprint density at radius 2 is 1.94 bits per heavy atom. The molecule has 0 aliphatic carbocycles. The molecule has 1 aromatic rings. The molecule has 0 amide bonds. The first-order valence-corrected chi connectivity index (χ1v) is 5.15. The summed E-state index contributed by atoms with van der Waals surface area (Å²) in [5.41, 5.74) is -0.0786. The van der Waals surface area contributed by atoms with Crippen molar-refractivity contribution in [3.05, 3.63) is 23.8 Å². The highest BCUT2D eigenvalue weighted by atomic mass is 16.6. The summed E-state index contributed by atoms with van der Waals surface area (Å²) in [6.45, 7) is 1.47. The standard InChI is InChI=1S/C12H14O6/c1-7(12(15)17-3)18-10-5-4-8(16-2)6-9(10)11(13)14/h4-7H,1-3H3,(H,13,14). The molecule has 0 aliphatic heterocycles. The van der Waals surface area contributed by atoms with Gasteiger partial charge in [0.25, 0.3) is 0 Å². The van der Waals surface area contributed by atoms with Crippen LogP contribution in [0.3, 0.4) is 0 Å². The fourth-order valence-electron chi connectivity index (χ4n) is 1.31. The van der Waals surface area contributed by atoms with Gasteiger partial charge in [0.15, 0.2) is 6.10 Å². The fraction of sp³-hybridized carbons (Fsp3) is 0.333. The van der Waals surface area contributed by atoms with Gasteiger partial charge in [0.2, 0.25) is 0 Å². The maximum absolute atomic E-state index is 11.2. The largest absolute Gasteiger partial charge is 0.497 e. The van der Waals surface area contributed by atoms with E-state index in [9.17, 15) is 9.59 Å². The maximum atomic E-state index is 11.2. The number of methoxy groups -OCH3 is 2. The van der Waals surface area contributed by atoms with Crippen molar-refractivity contribution in [1.82, 2.24) is 0 Å². The second kappa shape index (κ2) is 5.90. The van der Waals surface area contributed by atoms with Gasteiger partial charge in [0, 0.05) is 0 Å². The van der Waals surface area contributed by atoms with E-state index >= 15 is 0 Å². The summed E-state index contributed by atoms with van der Waals surface area (Å²) in [6.07, 6.45) is -0.888. The van der Waals surface area contributed by atoms with Crippen LogP contribution in [0.2, 0.25) is 0 Å². The molecule has 98 valence electrons. The van der Waals surface area contributed by atoms with Crippen LogP contribution in [0.4, 0.5) is 0 Å². The molecular formula is C12H14O6. The third-order valence-electron chi connectivity index (χ3n) is 2.25. The van der Waals surface area contributed by atoms with E-state index in [2.05, 4.69) is 4.74 Å². The number of ether oxygens (including phenoxy) is 3. The topological polar surface area (TPSA) is 82.1 Å². The van der Waals surface area contributed by atoms with Gasteiger partial charge >= 0.3 is 11.9 Å². The average molecular weight is 254 g/mol. The second-order valence-corrected chi connectivity index (χ2v) is 3.45. The lowest BCUT2D eigenvalue weighted by atomic mass is 10.2. The first-order valence-electron chi connectivity index (χ1n) is 5.15. The lowest BCUT2D eigenvalue weighted by molar-refractivity contribution is -0.147. The Kier molecular flexibility index (Phi) is 4.53. The fourth-order valence-corrected chi connectivity index (χ4v) is 1.31. The highest BCUT2D eigenvalue weighted by Gasteiger charge is 2.19. The molecule has 6 nitrogen and oxygen atoms in total. The van der Waals surface area contributed by atoms with Crippen LogP contribution >= 0.6 is 0 Å². The highest BCUT2D eigenvalue weighted by molar-refractivity contribution is 5.91. The molecule has 0 bridgehead atoms. The summed E-state index contributed by atoms with van der Waals surface area (Å²) < 4.78 is 14.7. The molecule has 0 aromatic heterocycles. The maximum Gasteiger partial charge on any atom is 0.346 e. The first-order chi connectivity index (χ1) is 8.49. The molecular weight excluding hydrogens is 240 g/mol. The molecule has 0 saturated carbocycles. The molecule has 1 aromatic carbocycles. The average Bonchev–Trinajstić information content (AvgIpc) is 2.37. The van der Waals surface area contributed by atoms with Gasteiger partial charge in [-0.1, -0.05) is 0 Å². The molecule has 0 radical (unpaired) electrons. The van der Waals surface area contributed by atoms with E-state index in [0.29, 0.717) is 5.75 Å². The van der Waals surface area contributed by atoms with Gasteiger partial charge in [0.05, 0.1) is 14.2 Å². The minimum atomic E-state index is -1.17. The van der Waals surface area contributed by atoms with Gasteiger partial charge < -0.3 is 19.3 Å². The third kappa shape index (κ3) is 3.13. The normalized spacial score (nSPS) is 11.5. The SMILES string of the molecule is COC(=O)C(C)Oc1ccc(OC)cc1C(=O)O. The van der Waals surface area contributed by atoms with Crippen molar-refractivity contribution in [3.63, 3.8) is 0 Å². The predicted molar refractivity (Wildman–Crippen MR) is 62.1 cm³/mol.